The third-order valence-corrected chi connectivity index (χ3v) is 2.41. The summed E-state index contributed by atoms with van der Waals surface area (Å²) in [5, 5.41) is 20.9. The molecule has 0 atom stereocenters. The van der Waals surface area contributed by atoms with Crippen LogP contribution < -0.4 is 10.1 Å². The van der Waals surface area contributed by atoms with Crippen molar-refractivity contribution in [3.05, 3.63) is 29.8 Å². The molecule has 0 radical (unpaired) electrons. The summed E-state index contributed by atoms with van der Waals surface area (Å²) < 4.78 is 5.53. The van der Waals surface area contributed by atoms with Crippen LogP contribution in [0.1, 0.15) is 18.9 Å². The van der Waals surface area contributed by atoms with Crippen molar-refractivity contribution in [2.45, 2.75) is 25.9 Å². The van der Waals surface area contributed by atoms with Crippen LogP contribution in [0.5, 0.6) is 5.75 Å². The molecule has 17 heavy (non-hydrogen) atoms. The monoisotopic (exact) mass is 239 g/mol. The number of ether oxygens (including phenoxy) is 1. The molecule has 0 saturated carbocycles. The minimum atomic E-state index is -0.268. The lowest BCUT2D eigenvalue weighted by atomic mass is 10.2. The number of benzene rings is 1. The molecule has 0 heterocycles. The van der Waals surface area contributed by atoms with Gasteiger partial charge in [-0.15, -0.1) is 0 Å². The first-order chi connectivity index (χ1) is 8.30. The number of hydrogen-bond donors (Lipinski definition) is 3. The van der Waals surface area contributed by atoms with Crippen LogP contribution in [-0.4, -0.2) is 36.1 Å². The zero-order chi connectivity index (χ0) is 12.5. The molecule has 0 saturated heterocycles. The second-order valence-electron chi connectivity index (χ2n) is 3.94. The third-order valence-electron chi connectivity index (χ3n) is 2.41. The Morgan fingerprint density at radius 1 is 1.29 bits per heavy atom. The van der Waals surface area contributed by atoms with Gasteiger partial charge in [-0.2, -0.15) is 0 Å². The van der Waals surface area contributed by atoms with Gasteiger partial charge in [0.1, 0.15) is 5.75 Å². The van der Waals surface area contributed by atoms with E-state index in [0.717, 1.165) is 17.7 Å². The number of rotatable bonds is 8. The first kappa shape index (κ1) is 14.0. The van der Waals surface area contributed by atoms with Crippen LogP contribution in [-0.2, 0) is 6.54 Å². The van der Waals surface area contributed by atoms with Crippen molar-refractivity contribution in [1.82, 2.24) is 5.32 Å². The molecule has 0 spiro atoms. The summed E-state index contributed by atoms with van der Waals surface area (Å²) in [6.45, 7) is 3.26. The fourth-order valence-corrected chi connectivity index (χ4v) is 1.41. The second-order valence-corrected chi connectivity index (χ2v) is 3.94. The summed E-state index contributed by atoms with van der Waals surface area (Å²) in [6, 6.07) is 7.55. The molecule has 0 amide bonds. The van der Waals surface area contributed by atoms with E-state index >= 15 is 0 Å². The summed E-state index contributed by atoms with van der Waals surface area (Å²) >= 11 is 0. The molecule has 4 heteroatoms. The highest BCUT2D eigenvalue weighted by molar-refractivity contribution is 5.28. The van der Waals surface area contributed by atoms with Crippen molar-refractivity contribution in [2.75, 3.05) is 19.8 Å². The van der Waals surface area contributed by atoms with Crippen molar-refractivity contribution in [1.29, 1.82) is 0 Å². The third kappa shape index (κ3) is 5.17. The Kier molecular flexibility index (Phi) is 6.62. The maximum atomic E-state index is 8.93. The Labute approximate surface area is 102 Å². The van der Waals surface area contributed by atoms with Crippen LogP contribution in [0.2, 0.25) is 0 Å². The Morgan fingerprint density at radius 3 is 2.71 bits per heavy atom. The Bertz CT molecular complexity index is 313. The fourth-order valence-electron chi connectivity index (χ4n) is 1.41. The molecule has 1 aromatic rings. The molecule has 4 nitrogen and oxygen atoms in total. The Hall–Kier alpha value is -1.10. The lowest BCUT2D eigenvalue weighted by Gasteiger charge is -2.13. The first-order valence-corrected chi connectivity index (χ1v) is 5.97. The summed E-state index contributed by atoms with van der Waals surface area (Å²) in [5.74, 6) is 0.857. The van der Waals surface area contributed by atoms with Crippen LogP contribution in [0.3, 0.4) is 0 Å². The van der Waals surface area contributed by atoms with E-state index < -0.39 is 0 Å². The normalized spacial score (nSPS) is 10.8. The van der Waals surface area contributed by atoms with Crippen molar-refractivity contribution < 1.29 is 14.9 Å². The van der Waals surface area contributed by atoms with E-state index in [1.807, 2.05) is 24.3 Å². The Balaban J connectivity index is 2.47. The Morgan fingerprint density at radius 2 is 2.06 bits per heavy atom. The van der Waals surface area contributed by atoms with Gasteiger partial charge in [-0.25, -0.2) is 0 Å². The highest BCUT2D eigenvalue weighted by atomic mass is 16.5. The molecular formula is C13H21NO3. The predicted octanol–water partition coefficient (Wildman–Crippen LogP) is 0.918. The molecule has 1 rings (SSSR count). The molecule has 0 bridgehead atoms. The lowest BCUT2D eigenvalue weighted by molar-refractivity contribution is 0.170. The molecule has 0 fully saturated rings. The van der Waals surface area contributed by atoms with E-state index in [-0.39, 0.29) is 19.3 Å². The van der Waals surface area contributed by atoms with Gasteiger partial charge in [-0.3, -0.25) is 0 Å². The van der Waals surface area contributed by atoms with E-state index in [1.54, 1.807) is 0 Å². The van der Waals surface area contributed by atoms with Gasteiger partial charge in [0.15, 0.2) is 0 Å². The van der Waals surface area contributed by atoms with E-state index in [2.05, 4.69) is 12.2 Å². The van der Waals surface area contributed by atoms with Gasteiger partial charge in [-0.05, 0) is 24.1 Å². The first-order valence-electron chi connectivity index (χ1n) is 5.97. The van der Waals surface area contributed by atoms with Gasteiger partial charge in [0, 0.05) is 6.54 Å². The molecule has 3 N–H and O–H groups in total. The molecule has 0 aliphatic heterocycles. The smallest absolute Gasteiger partial charge is 0.119 e. The molecule has 0 aromatic heterocycles. The van der Waals surface area contributed by atoms with Crippen LogP contribution in [0, 0.1) is 0 Å². The maximum Gasteiger partial charge on any atom is 0.119 e. The van der Waals surface area contributed by atoms with Crippen molar-refractivity contribution in [3.63, 3.8) is 0 Å². The SMILES string of the molecule is CCCOc1cccc(CNC(CO)CO)c1. The van der Waals surface area contributed by atoms with Gasteiger partial charge in [0.2, 0.25) is 0 Å². The van der Waals surface area contributed by atoms with Crippen molar-refractivity contribution in [3.8, 4) is 5.75 Å². The van der Waals surface area contributed by atoms with Crippen LogP contribution >= 0.6 is 0 Å². The number of hydrogen-bond acceptors (Lipinski definition) is 4. The van der Waals surface area contributed by atoms with Gasteiger partial charge in [0.05, 0.1) is 25.9 Å². The highest BCUT2D eigenvalue weighted by Gasteiger charge is 2.04. The average Bonchev–Trinajstić information content (AvgIpc) is 2.38. The molecular weight excluding hydrogens is 218 g/mol. The van der Waals surface area contributed by atoms with Gasteiger partial charge in [-0.1, -0.05) is 19.1 Å². The van der Waals surface area contributed by atoms with Gasteiger partial charge in [0.25, 0.3) is 0 Å². The maximum absolute atomic E-state index is 8.93. The van der Waals surface area contributed by atoms with Crippen LogP contribution in [0.4, 0.5) is 0 Å². The average molecular weight is 239 g/mol. The fraction of sp³-hybridized carbons (Fsp3) is 0.538. The van der Waals surface area contributed by atoms with E-state index in [1.165, 1.54) is 0 Å². The van der Waals surface area contributed by atoms with Gasteiger partial charge >= 0.3 is 0 Å². The van der Waals surface area contributed by atoms with E-state index in [0.29, 0.717) is 13.2 Å². The second kappa shape index (κ2) is 8.06. The number of aliphatic hydroxyl groups excluding tert-OH is 2. The summed E-state index contributed by atoms with van der Waals surface area (Å²) in [4.78, 5) is 0. The van der Waals surface area contributed by atoms with Crippen molar-refractivity contribution in [2.24, 2.45) is 0 Å². The van der Waals surface area contributed by atoms with Crippen molar-refractivity contribution >= 4 is 0 Å². The molecule has 96 valence electrons. The van der Waals surface area contributed by atoms with Crippen LogP contribution in [0.15, 0.2) is 24.3 Å². The minimum Gasteiger partial charge on any atom is -0.494 e. The summed E-state index contributed by atoms with van der Waals surface area (Å²) in [5.41, 5.74) is 1.07. The molecule has 0 unspecified atom stereocenters. The molecule has 0 aliphatic rings. The standard InChI is InChI=1S/C13H21NO3/c1-2-6-17-13-5-3-4-11(7-13)8-14-12(9-15)10-16/h3-5,7,12,14-16H,2,6,8-10H2,1H3. The topological polar surface area (TPSA) is 61.7 Å². The lowest BCUT2D eigenvalue weighted by Crippen LogP contribution is -2.35. The summed E-state index contributed by atoms with van der Waals surface area (Å²) in [7, 11) is 0. The summed E-state index contributed by atoms with van der Waals surface area (Å²) in [6.07, 6.45) is 0.986. The number of aliphatic hydroxyl groups is 2. The van der Waals surface area contributed by atoms with Gasteiger partial charge < -0.3 is 20.3 Å². The highest BCUT2D eigenvalue weighted by Crippen LogP contribution is 2.13. The van der Waals surface area contributed by atoms with Crippen LogP contribution in [0.25, 0.3) is 0 Å². The zero-order valence-corrected chi connectivity index (χ0v) is 10.2. The predicted molar refractivity (Wildman–Crippen MR) is 67.0 cm³/mol. The largest absolute Gasteiger partial charge is 0.494 e. The number of nitrogens with one attached hydrogen (secondary N) is 1. The van der Waals surface area contributed by atoms with E-state index in [9.17, 15) is 0 Å². The quantitative estimate of drug-likeness (QED) is 0.631. The molecule has 0 aliphatic carbocycles. The van der Waals surface area contributed by atoms with E-state index in [4.69, 9.17) is 14.9 Å². The zero-order valence-electron chi connectivity index (χ0n) is 10.2. The molecule has 1 aromatic carbocycles. The minimum absolute atomic E-state index is 0.0669.